The molecule has 17 heavy (non-hydrogen) atoms. The molecule has 0 radical (unpaired) electrons. The maximum atomic E-state index is 12.1. The number of hydrogen-bond acceptors (Lipinski definition) is 3. The maximum Gasteiger partial charge on any atom is 0.339 e. The van der Waals surface area contributed by atoms with E-state index in [0.717, 1.165) is 0 Å². The number of carbonyl (C=O) groups is 1. The first-order valence-electron chi connectivity index (χ1n) is 5.26. The Morgan fingerprint density at radius 1 is 1.35 bits per heavy atom. The Morgan fingerprint density at radius 2 is 1.94 bits per heavy atom. The van der Waals surface area contributed by atoms with Gasteiger partial charge in [-0.05, 0) is 18.1 Å². The van der Waals surface area contributed by atoms with Crippen LogP contribution in [0.1, 0.15) is 24.2 Å². The Balaban J connectivity index is 2.70. The van der Waals surface area contributed by atoms with Crippen LogP contribution in [0.4, 0.5) is 8.78 Å². The standard InChI is InChI=1S/C12H14F2O3/c1-2-17-12(16)11(15)9-5-3-8(4-6-9)7-10(13)14/h3-6,10-11,15H,2,7H2,1H3. The van der Waals surface area contributed by atoms with Crippen LogP contribution in [0.2, 0.25) is 0 Å². The molecule has 0 aliphatic rings. The second-order valence-electron chi connectivity index (χ2n) is 3.49. The van der Waals surface area contributed by atoms with Crippen molar-refractivity contribution in [1.29, 1.82) is 0 Å². The minimum absolute atomic E-state index is 0.180. The summed E-state index contributed by atoms with van der Waals surface area (Å²) >= 11 is 0. The van der Waals surface area contributed by atoms with Gasteiger partial charge in [-0.15, -0.1) is 0 Å². The van der Waals surface area contributed by atoms with Crippen LogP contribution in [0.5, 0.6) is 0 Å². The summed E-state index contributed by atoms with van der Waals surface area (Å²) in [6, 6.07) is 5.81. The predicted molar refractivity (Wildman–Crippen MR) is 57.7 cm³/mol. The fourth-order valence-corrected chi connectivity index (χ4v) is 1.37. The van der Waals surface area contributed by atoms with Gasteiger partial charge in [-0.3, -0.25) is 0 Å². The van der Waals surface area contributed by atoms with Gasteiger partial charge in [0.05, 0.1) is 6.61 Å². The van der Waals surface area contributed by atoms with Crippen molar-refractivity contribution in [2.24, 2.45) is 0 Å². The van der Waals surface area contributed by atoms with Crippen LogP contribution in [-0.2, 0) is 16.0 Å². The van der Waals surface area contributed by atoms with E-state index in [1.165, 1.54) is 24.3 Å². The first kappa shape index (κ1) is 13.6. The number of aliphatic hydroxyl groups is 1. The Bertz CT molecular complexity index is 363. The molecule has 0 fully saturated rings. The molecule has 0 saturated heterocycles. The molecule has 3 nitrogen and oxygen atoms in total. The molecular formula is C12H14F2O3. The van der Waals surface area contributed by atoms with Crippen LogP contribution in [0.25, 0.3) is 0 Å². The van der Waals surface area contributed by atoms with Crippen molar-refractivity contribution >= 4 is 5.97 Å². The van der Waals surface area contributed by atoms with Gasteiger partial charge in [0.25, 0.3) is 0 Å². The van der Waals surface area contributed by atoms with Crippen LogP contribution in [0.3, 0.4) is 0 Å². The summed E-state index contributed by atoms with van der Waals surface area (Å²) in [7, 11) is 0. The number of benzene rings is 1. The van der Waals surface area contributed by atoms with Gasteiger partial charge >= 0.3 is 5.97 Å². The quantitative estimate of drug-likeness (QED) is 0.807. The van der Waals surface area contributed by atoms with Crippen LogP contribution in [-0.4, -0.2) is 24.1 Å². The van der Waals surface area contributed by atoms with Gasteiger partial charge in [0.2, 0.25) is 6.43 Å². The average molecular weight is 244 g/mol. The van der Waals surface area contributed by atoms with Crippen molar-refractivity contribution in [3.8, 4) is 0 Å². The molecule has 0 spiro atoms. The Kier molecular flexibility index (Phi) is 5.03. The normalized spacial score (nSPS) is 12.5. The van der Waals surface area contributed by atoms with Crippen LogP contribution >= 0.6 is 0 Å². The Hall–Kier alpha value is -1.49. The molecule has 5 heteroatoms. The summed E-state index contributed by atoms with van der Waals surface area (Å²) in [4.78, 5) is 11.2. The molecule has 1 N–H and O–H groups in total. The molecule has 1 aromatic rings. The number of rotatable bonds is 5. The van der Waals surface area contributed by atoms with E-state index >= 15 is 0 Å². The summed E-state index contributed by atoms with van der Waals surface area (Å²) in [5, 5.41) is 9.57. The minimum atomic E-state index is -2.41. The largest absolute Gasteiger partial charge is 0.464 e. The number of carbonyl (C=O) groups excluding carboxylic acids is 1. The average Bonchev–Trinajstić information content (AvgIpc) is 2.28. The monoisotopic (exact) mass is 244 g/mol. The fraction of sp³-hybridized carbons (Fsp3) is 0.417. The van der Waals surface area contributed by atoms with E-state index in [9.17, 15) is 18.7 Å². The third-order valence-electron chi connectivity index (χ3n) is 2.20. The second kappa shape index (κ2) is 6.30. The Morgan fingerprint density at radius 3 is 2.41 bits per heavy atom. The van der Waals surface area contributed by atoms with E-state index in [-0.39, 0.29) is 13.0 Å². The van der Waals surface area contributed by atoms with Gasteiger partial charge in [0, 0.05) is 6.42 Å². The van der Waals surface area contributed by atoms with E-state index in [1.807, 2.05) is 0 Å². The second-order valence-corrected chi connectivity index (χ2v) is 3.49. The predicted octanol–water partition coefficient (Wildman–Crippen LogP) is 2.09. The van der Waals surface area contributed by atoms with E-state index in [0.29, 0.717) is 11.1 Å². The van der Waals surface area contributed by atoms with Gasteiger partial charge in [-0.1, -0.05) is 24.3 Å². The van der Waals surface area contributed by atoms with E-state index in [2.05, 4.69) is 4.74 Å². The van der Waals surface area contributed by atoms with Gasteiger partial charge < -0.3 is 9.84 Å². The van der Waals surface area contributed by atoms with Crippen LogP contribution in [0, 0.1) is 0 Å². The summed E-state index contributed by atoms with van der Waals surface area (Å²) in [6.45, 7) is 1.82. The van der Waals surface area contributed by atoms with Crippen molar-refractivity contribution < 1.29 is 23.4 Å². The van der Waals surface area contributed by atoms with Gasteiger partial charge in [0.1, 0.15) is 0 Å². The lowest BCUT2D eigenvalue weighted by Gasteiger charge is -2.10. The van der Waals surface area contributed by atoms with E-state index < -0.39 is 18.5 Å². The molecule has 0 bridgehead atoms. The van der Waals surface area contributed by atoms with Crippen molar-refractivity contribution in [1.82, 2.24) is 0 Å². The van der Waals surface area contributed by atoms with Crippen molar-refractivity contribution in [2.75, 3.05) is 6.61 Å². The number of hydrogen-bond donors (Lipinski definition) is 1. The first-order chi connectivity index (χ1) is 8.04. The van der Waals surface area contributed by atoms with E-state index in [1.54, 1.807) is 6.92 Å². The SMILES string of the molecule is CCOC(=O)C(O)c1ccc(CC(F)F)cc1. The minimum Gasteiger partial charge on any atom is -0.464 e. The zero-order chi connectivity index (χ0) is 12.8. The molecule has 1 unspecified atom stereocenters. The third kappa shape index (κ3) is 4.11. The molecule has 0 aromatic heterocycles. The molecule has 94 valence electrons. The zero-order valence-corrected chi connectivity index (χ0v) is 9.40. The number of alkyl halides is 2. The number of ether oxygens (including phenoxy) is 1. The van der Waals surface area contributed by atoms with Gasteiger partial charge in [0.15, 0.2) is 6.10 Å². The first-order valence-corrected chi connectivity index (χ1v) is 5.26. The molecular weight excluding hydrogens is 230 g/mol. The molecule has 1 rings (SSSR count). The third-order valence-corrected chi connectivity index (χ3v) is 2.20. The van der Waals surface area contributed by atoms with E-state index in [4.69, 9.17) is 0 Å². The zero-order valence-electron chi connectivity index (χ0n) is 9.40. The lowest BCUT2D eigenvalue weighted by atomic mass is 10.1. The summed E-state index contributed by atoms with van der Waals surface area (Å²) < 4.78 is 28.8. The highest BCUT2D eigenvalue weighted by Gasteiger charge is 2.18. The lowest BCUT2D eigenvalue weighted by molar-refractivity contribution is -0.153. The van der Waals surface area contributed by atoms with Gasteiger partial charge in [-0.25, -0.2) is 13.6 Å². The molecule has 1 aromatic carbocycles. The molecule has 1 atom stereocenters. The highest BCUT2D eigenvalue weighted by Crippen LogP contribution is 2.16. The number of aliphatic hydroxyl groups excluding tert-OH is 1. The van der Waals surface area contributed by atoms with Crippen molar-refractivity contribution in [3.63, 3.8) is 0 Å². The summed E-state index contributed by atoms with van der Waals surface area (Å²) in [6.07, 6.45) is -4.11. The summed E-state index contributed by atoms with van der Waals surface area (Å²) in [5.41, 5.74) is 0.793. The molecule has 0 amide bonds. The Labute approximate surface area is 98.0 Å². The highest BCUT2D eigenvalue weighted by atomic mass is 19.3. The lowest BCUT2D eigenvalue weighted by Crippen LogP contribution is -2.15. The van der Waals surface area contributed by atoms with Crippen LogP contribution in [0.15, 0.2) is 24.3 Å². The topological polar surface area (TPSA) is 46.5 Å². The smallest absolute Gasteiger partial charge is 0.339 e. The van der Waals surface area contributed by atoms with Crippen molar-refractivity contribution in [2.45, 2.75) is 25.9 Å². The molecule has 0 saturated carbocycles. The summed E-state index contributed by atoms with van der Waals surface area (Å²) in [5.74, 6) is -0.742. The van der Waals surface area contributed by atoms with Crippen molar-refractivity contribution in [3.05, 3.63) is 35.4 Å². The molecule has 0 aliphatic carbocycles. The maximum absolute atomic E-state index is 12.1. The van der Waals surface area contributed by atoms with Crippen LogP contribution < -0.4 is 0 Å². The van der Waals surface area contributed by atoms with Gasteiger partial charge in [-0.2, -0.15) is 0 Å². The number of halogens is 2. The fourth-order valence-electron chi connectivity index (χ4n) is 1.37. The number of esters is 1. The molecule has 0 aliphatic heterocycles. The highest BCUT2D eigenvalue weighted by molar-refractivity contribution is 5.76. The molecule has 0 heterocycles.